The van der Waals surface area contributed by atoms with Gasteiger partial charge in [-0.15, -0.1) is 0 Å². The van der Waals surface area contributed by atoms with Crippen LogP contribution in [-0.4, -0.2) is 11.6 Å². The van der Waals surface area contributed by atoms with Crippen molar-refractivity contribution in [2.75, 3.05) is 0 Å². The van der Waals surface area contributed by atoms with Crippen LogP contribution in [0, 0.1) is 11.8 Å². The quantitative estimate of drug-likeness (QED) is 0.682. The maximum absolute atomic E-state index is 12.2. The minimum absolute atomic E-state index is 0.0124. The number of rotatable bonds is 2. The summed E-state index contributed by atoms with van der Waals surface area (Å²) in [6, 6.07) is 0. The number of allylic oxidation sites excluding steroid dienone is 1. The van der Waals surface area contributed by atoms with Crippen LogP contribution in [-0.2, 0) is 9.53 Å². The molecule has 3 rings (SSSR count). The van der Waals surface area contributed by atoms with Crippen molar-refractivity contribution in [3.05, 3.63) is 11.6 Å². The van der Waals surface area contributed by atoms with Crippen molar-refractivity contribution in [2.24, 2.45) is 11.8 Å². The van der Waals surface area contributed by atoms with Gasteiger partial charge >= 0.3 is 5.97 Å². The molecule has 0 aromatic carbocycles. The van der Waals surface area contributed by atoms with E-state index in [1.165, 1.54) is 38.5 Å². The van der Waals surface area contributed by atoms with Gasteiger partial charge in [-0.2, -0.15) is 0 Å². The Hall–Kier alpha value is -0.790. The Morgan fingerprint density at radius 2 is 2.06 bits per heavy atom. The third-order valence-corrected chi connectivity index (χ3v) is 4.81. The molecule has 0 aliphatic heterocycles. The summed E-state index contributed by atoms with van der Waals surface area (Å²) in [4.78, 5) is 12.2. The van der Waals surface area contributed by atoms with Gasteiger partial charge in [-0.25, -0.2) is 4.79 Å². The number of hydrogen-bond acceptors (Lipinski definition) is 2. The Morgan fingerprint density at radius 1 is 1.29 bits per heavy atom. The number of carbonyl (C=O) groups is 1. The lowest BCUT2D eigenvalue weighted by molar-refractivity contribution is -0.156. The molecule has 2 unspecified atom stereocenters. The lowest BCUT2D eigenvalue weighted by Gasteiger charge is -2.33. The van der Waals surface area contributed by atoms with E-state index in [-0.39, 0.29) is 11.6 Å². The maximum atomic E-state index is 12.2. The van der Waals surface area contributed by atoms with Gasteiger partial charge < -0.3 is 4.74 Å². The number of carbonyl (C=O) groups excluding carboxylic acids is 1. The molecule has 2 nitrogen and oxygen atoms in total. The van der Waals surface area contributed by atoms with E-state index in [0.29, 0.717) is 11.8 Å². The monoisotopic (exact) mass is 234 g/mol. The summed E-state index contributed by atoms with van der Waals surface area (Å²) < 4.78 is 5.81. The first kappa shape index (κ1) is 11.3. The first-order chi connectivity index (χ1) is 8.16. The Balaban J connectivity index is 1.65. The van der Waals surface area contributed by atoms with E-state index in [9.17, 15) is 4.79 Å². The highest BCUT2D eigenvalue weighted by molar-refractivity contribution is 5.90. The van der Waals surface area contributed by atoms with Crippen molar-refractivity contribution >= 4 is 5.97 Å². The van der Waals surface area contributed by atoms with Crippen molar-refractivity contribution in [2.45, 2.75) is 63.9 Å². The highest BCUT2D eigenvalue weighted by atomic mass is 16.6. The second-order valence-corrected chi connectivity index (χ2v) is 6.29. The second-order valence-electron chi connectivity index (χ2n) is 6.29. The molecule has 2 bridgehead atoms. The summed E-state index contributed by atoms with van der Waals surface area (Å²) in [5.74, 6) is 1.17. The van der Waals surface area contributed by atoms with Crippen LogP contribution in [0.1, 0.15) is 58.3 Å². The molecule has 0 heterocycles. The Morgan fingerprint density at radius 3 is 2.65 bits per heavy atom. The molecule has 2 fully saturated rings. The normalized spacial score (nSPS) is 34.5. The lowest BCUT2D eigenvalue weighted by atomic mass is 9.86. The fourth-order valence-corrected chi connectivity index (χ4v) is 3.76. The molecule has 2 saturated carbocycles. The maximum Gasteiger partial charge on any atom is 0.334 e. The fourth-order valence-electron chi connectivity index (χ4n) is 3.76. The molecule has 0 aromatic heterocycles. The fraction of sp³-hybridized carbons (Fsp3) is 0.800. The average molecular weight is 234 g/mol. The summed E-state index contributed by atoms with van der Waals surface area (Å²) in [6.45, 7) is 2.11. The van der Waals surface area contributed by atoms with Crippen LogP contribution in [0.4, 0.5) is 0 Å². The second kappa shape index (κ2) is 4.15. The zero-order chi connectivity index (χ0) is 11.9. The van der Waals surface area contributed by atoms with Crippen LogP contribution in [0.25, 0.3) is 0 Å². The molecule has 17 heavy (non-hydrogen) atoms. The van der Waals surface area contributed by atoms with Crippen LogP contribution >= 0.6 is 0 Å². The van der Waals surface area contributed by atoms with E-state index in [2.05, 4.69) is 13.0 Å². The molecule has 2 heteroatoms. The summed E-state index contributed by atoms with van der Waals surface area (Å²) >= 11 is 0. The van der Waals surface area contributed by atoms with Gasteiger partial charge in [-0.3, -0.25) is 0 Å². The number of hydrogen-bond donors (Lipinski definition) is 0. The van der Waals surface area contributed by atoms with Crippen molar-refractivity contribution in [3.8, 4) is 0 Å². The highest BCUT2D eigenvalue weighted by Crippen LogP contribution is 2.44. The predicted octanol–water partition coefficient (Wildman–Crippen LogP) is 3.61. The molecule has 94 valence electrons. The van der Waals surface area contributed by atoms with Gasteiger partial charge in [0.25, 0.3) is 0 Å². The number of ether oxygens (including phenoxy) is 1. The van der Waals surface area contributed by atoms with E-state index in [1.54, 1.807) is 0 Å². The van der Waals surface area contributed by atoms with Gasteiger partial charge in [0.1, 0.15) is 5.60 Å². The zero-order valence-corrected chi connectivity index (χ0v) is 10.7. The number of fused-ring (bicyclic) bond motifs is 2. The predicted molar refractivity (Wildman–Crippen MR) is 66.5 cm³/mol. The molecule has 0 amide bonds. The molecule has 0 saturated heterocycles. The first-order valence-electron chi connectivity index (χ1n) is 7.11. The number of esters is 1. The topological polar surface area (TPSA) is 26.3 Å². The summed E-state index contributed by atoms with van der Waals surface area (Å²) in [6.07, 6.45) is 11.6. The standard InChI is InChI=1S/C15H22O2/c1-15(7-3-2-4-8-15)17-14(16)13-10-11-5-6-12(13)9-11/h10-12H,2-9H2,1H3. The third-order valence-electron chi connectivity index (χ3n) is 4.81. The van der Waals surface area contributed by atoms with Crippen LogP contribution in [0.3, 0.4) is 0 Å². The van der Waals surface area contributed by atoms with E-state index >= 15 is 0 Å². The molecule has 0 aromatic rings. The SMILES string of the molecule is CC1(OC(=O)C2=CC3CCC2C3)CCCCC1. The van der Waals surface area contributed by atoms with Crippen LogP contribution in [0.2, 0.25) is 0 Å². The molecule has 2 atom stereocenters. The van der Waals surface area contributed by atoms with Gasteiger partial charge in [-0.1, -0.05) is 12.5 Å². The Kier molecular flexibility index (Phi) is 2.76. The van der Waals surface area contributed by atoms with E-state index in [4.69, 9.17) is 4.74 Å². The average Bonchev–Trinajstić information content (AvgIpc) is 2.91. The largest absolute Gasteiger partial charge is 0.456 e. The highest BCUT2D eigenvalue weighted by Gasteiger charge is 2.39. The van der Waals surface area contributed by atoms with Crippen molar-refractivity contribution in [1.82, 2.24) is 0 Å². The van der Waals surface area contributed by atoms with Crippen molar-refractivity contribution in [3.63, 3.8) is 0 Å². The summed E-state index contributed by atoms with van der Waals surface area (Å²) in [7, 11) is 0. The molecule has 3 aliphatic carbocycles. The van der Waals surface area contributed by atoms with Gasteiger partial charge in [0.2, 0.25) is 0 Å². The molecule has 3 aliphatic rings. The van der Waals surface area contributed by atoms with Gasteiger partial charge in [-0.05, 0) is 63.7 Å². The van der Waals surface area contributed by atoms with E-state index < -0.39 is 0 Å². The van der Waals surface area contributed by atoms with Gasteiger partial charge in [0.05, 0.1) is 0 Å². The van der Waals surface area contributed by atoms with Crippen molar-refractivity contribution in [1.29, 1.82) is 0 Å². The summed E-state index contributed by atoms with van der Waals surface area (Å²) in [5, 5.41) is 0. The first-order valence-corrected chi connectivity index (χ1v) is 7.11. The smallest absolute Gasteiger partial charge is 0.334 e. The molecule has 0 N–H and O–H groups in total. The van der Waals surface area contributed by atoms with Crippen molar-refractivity contribution < 1.29 is 9.53 Å². The van der Waals surface area contributed by atoms with Gasteiger partial charge in [0.15, 0.2) is 0 Å². The van der Waals surface area contributed by atoms with Crippen LogP contribution in [0.15, 0.2) is 11.6 Å². The van der Waals surface area contributed by atoms with E-state index in [1.807, 2.05) is 0 Å². The third kappa shape index (κ3) is 2.14. The van der Waals surface area contributed by atoms with Crippen LogP contribution < -0.4 is 0 Å². The van der Waals surface area contributed by atoms with E-state index in [0.717, 1.165) is 18.4 Å². The Bertz CT molecular complexity index is 350. The van der Waals surface area contributed by atoms with Gasteiger partial charge in [0, 0.05) is 5.57 Å². The Labute approximate surface area is 103 Å². The minimum atomic E-state index is -0.183. The molecule has 0 radical (unpaired) electrons. The minimum Gasteiger partial charge on any atom is -0.456 e. The molecular formula is C15H22O2. The molecular weight excluding hydrogens is 212 g/mol. The van der Waals surface area contributed by atoms with Crippen LogP contribution in [0.5, 0.6) is 0 Å². The zero-order valence-electron chi connectivity index (χ0n) is 10.7. The molecule has 0 spiro atoms. The lowest BCUT2D eigenvalue weighted by Crippen LogP contribution is -2.35. The summed E-state index contributed by atoms with van der Waals surface area (Å²) in [5.41, 5.74) is 0.811.